The maximum atomic E-state index is 12.4. The highest BCUT2D eigenvalue weighted by molar-refractivity contribution is 7.13. The van der Waals surface area contributed by atoms with E-state index >= 15 is 0 Å². The zero-order valence-electron chi connectivity index (χ0n) is 16.1. The second-order valence-corrected chi connectivity index (χ2v) is 8.02. The van der Waals surface area contributed by atoms with Crippen LogP contribution in [0, 0.1) is 5.92 Å². The number of ketones is 1. The minimum atomic E-state index is -0.632. The SMILES string of the molecule is CC(C)CCNc1nc(C(=O)OCC(=O)c2ccc3c(c2)[C@@H](C)C(=O)N3)cs1. The number of ether oxygens (including phenoxy) is 1. The van der Waals surface area contributed by atoms with Gasteiger partial charge in [-0.1, -0.05) is 13.8 Å². The van der Waals surface area contributed by atoms with Gasteiger partial charge in [-0.05, 0) is 43.0 Å². The molecule has 7 nitrogen and oxygen atoms in total. The number of aromatic nitrogens is 1. The summed E-state index contributed by atoms with van der Waals surface area (Å²) >= 11 is 1.33. The summed E-state index contributed by atoms with van der Waals surface area (Å²) in [5.41, 5.74) is 2.08. The number of nitrogens with zero attached hydrogens (tertiary/aromatic N) is 1. The number of Topliss-reactive ketones (excluding diaryl/α,β-unsaturated/α-hetero) is 1. The molecule has 0 bridgehead atoms. The van der Waals surface area contributed by atoms with Gasteiger partial charge in [0.1, 0.15) is 0 Å². The van der Waals surface area contributed by atoms with E-state index < -0.39 is 5.97 Å². The predicted octanol–water partition coefficient (Wildman–Crippen LogP) is 3.70. The molecule has 148 valence electrons. The largest absolute Gasteiger partial charge is 0.453 e. The van der Waals surface area contributed by atoms with Gasteiger partial charge in [0.05, 0.1) is 5.92 Å². The number of nitrogens with one attached hydrogen (secondary N) is 2. The second kappa shape index (κ2) is 8.52. The van der Waals surface area contributed by atoms with Crippen LogP contribution >= 0.6 is 11.3 Å². The van der Waals surface area contributed by atoms with Gasteiger partial charge in [-0.2, -0.15) is 0 Å². The minimum Gasteiger partial charge on any atom is -0.453 e. The monoisotopic (exact) mass is 401 g/mol. The Morgan fingerprint density at radius 1 is 1.36 bits per heavy atom. The number of fused-ring (bicyclic) bond motifs is 1. The summed E-state index contributed by atoms with van der Waals surface area (Å²) in [5, 5.41) is 8.20. The van der Waals surface area contributed by atoms with Crippen LogP contribution in [-0.2, 0) is 9.53 Å². The summed E-state index contributed by atoms with van der Waals surface area (Å²) in [7, 11) is 0. The van der Waals surface area contributed by atoms with Crippen molar-refractivity contribution in [1.82, 2.24) is 4.98 Å². The topological polar surface area (TPSA) is 97.4 Å². The Bertz CT molecular complexity index is 907. The molecule has 3 rings (SSSR count). The van der Waals surface area contributed by atoms with E-state index in [1.54, 1.807) is 30.5 Å². The van der Waals surface area contributed by atoms with Gasteiger partial charge in [0, 0.05) is 23.2 Å². The molecular formula is C20H23N3O4S. The molecule has 2 heterocycles. The summed E-state index contributed by atoms with van der Waals surface area (Å²) in [4.78, 5) is 40.4. The fraction of sp³-hybridized carbons (Fsp3) is 0.400. The molecule has 28 heavy (non-hydrogen) atoms. The third-order valence-corrected chi connectivity index (χ3v) is 5.34. The van der Waals surface area contributed by atoms with Crippen molar-refractivity contribution in [3.8, 4) is 0 Å². The molecule has 0 radical (unpaired) electrons. The van der Waals surface area contributed by atoms with Crippen molar-refractivity contribution < 1.29 is 19.1 Å². The van der Waals surface area contributed by atoms with E-state index in [4.69, 9.17) is 4.74 Å². The van der Waals surface area contributed by atoms with Crippen molar-refractivity contribution in [2.45, 2.75) is 33.1 Å². The van der Waals surface area contributed by atoms with E-state index in [-0.39, 0.29) is 29.9 Å². The van der Waals surface area contributed by atoms with E-state index in [0.29, 0.717) is 22.3 Å². The Kier molecular flexibility index (Phi) is 6.08. The first-order valence-electron chi connectivity index (χ1n) is 9.19. The lowest BCUT2D eigenvalue weighted by molar-refractivity contribution is -0.116. The van der Waals surface area contributed by atoms with Crippen molar-refractivity contribution in [2.24, 2.45) is 5.92 Å². The van der Waals surface area contributed by atoms with Crippen molar-refractivity contribution in [2.75, 3.05) is 23.8 Å². The van der Waals surface area contributed by atoms with Gasteiger partial charge in [-0.25, -0.2) is 9.78 Å². The summed E-state index contributed by atoms with van der Waals surface area (Å²) in [5.74, 6) is -0.769. The Morgan fingerprint density at radius 3 is 2.89 bits per heavy atom. The molecule has 1 aromatic carbocycles. The Hall–Kier alpha value is -2.74. The number of thiazole rings is 1. The van der Waals surface area contributed by atoms with Crippen LogP contribution in [0.15, 0.2) is 23.6 Å². The van der Waals surface area contributed by atoms with Crippen molar-refractivity contribution >= 4 is 39.8 Å². The van der Waals surface area contributed by atoms with Crippen LogP contribution in [0.2, 0.25) is 0 Å². The fourth-order valence-corrected chi connectivity index (χ4v) is 3.50. The van der Waals surface area contributed by atoms with Crippen LogP contribution in [0.4, 0.5) is 10.8 Å². The first-order valence-corrected chi connectivity index (χ1v) is 10.1. The van der Waals surface area contributed by atoms with E-state index in [9.17, 15) is 14.4 Å². The number of carbonyl (C=O) groups excluding carboxylic acids is 3. The van der Waals surface area contributed by atoms with Crippen molar-refractivity contribution in [3.05, 3.63) is 40.4 Å². The molecule has 0 saturated heterocycles. The van der Waals surface area contributed by atoms with Crippen LogP contribution in [0.1, 0.15) is 59.5 Å². The van der Waals surface area contributed by atoms with E-state index in [1.165, 1.54) is 11.3 Å². The standard InChI is InChI=1S/C20H23N3O4S/c1-11(2)6-7-21-20-23-16(10-28-20)19(26)27-9-17(24)13-4-5-15-14(8-13)12(3)18(25)22-15/h4-5,8,10-12H,6-7,9H2,1-3H3,(H,21,23)(H,22,25)/t12-/m1/s1. The maximum absolute atomic E-state index is 12.4. The van der Waals surface area contributed by atoms with Crippen LogP contribution in [0.5, 0.6) is 0 Å². The van der Waals surface area contributed by atoms with Crippen molar-refractivity contribution in [1.29, 1.82) is 0 Å². The van der Waals surface area contributed by atoms with Crippen LogP contribution in [0.3, 0.4) is 0 Å². The lowest BCUT2D eigenvalue weighted by Crippen LogP contribution is -2.15. The van der Waals surface area contributed by atoms with Crippen LogP contribution in [0.25, 0.3) is 0 Å². The highest BCUT2D eigenvalue weighted by Gasteiger charge is 2.27. The summed E-state index contributed by atoms with van der Waals surface area (Å²) < 4.78 is 5.11. The number of hydrogen-bond acceptors (Lipinski definition) is 7. The maximum Gasteiger partial charge on any atom is 0.358 e. The highest BCUT2D eigenvalue weighted by atomic mass is 32.1. The molecule has 0 aliphatic carbocycles. The quantitative estimate of drug-likeness (QED) is 0.517. The van der Waals surface area contributed by atoms with Gasteiger partial charge in [0.25, 0.3) is 0 Å². The van der Waals surface area contributed by atoms with Crippen LogP contribution < -0.4 is 10.6 Å². The second-order valence-electron chi connectivity index (χ2n) is 7.16. The normalized spacial score (nSPS) is 15.3. The van der Waals surface area contributed by atoms with E-state index in [0.717, 1.165) is 18.5 Å². The molecule has 1 aliphatic heterocycles. The predicted molar refractivity (Wildman–Crippen MR) is 108 cm³/mol. The Balaban J connectivity index is 1.54. The molecule has 0 saturated carbocycles. The molecular weight excluding hydrogens is 378 g/mol. The lowest BCUT2D eigenvalue weighted by atomic mass is 9.99. The summed E-state index contributed by atoms with van der Waals surface area (Å²) in [6.07, 6.45) is 1.01. The molecule has 2 aromatic rings. The van der Waals surface area contributed by atoms with Crippen molar-refractivity contribution in [3.63, 3.8) is 0 Å². The van der Waals surface area contributed by atoms with Crippen LogP contribution in [-0.4, -0.2) is 35.8 Å². The molecule has 1 aromatic heterocycles. The number of amides is 1. The van der Waals surface area contributed by atoms with E-state index in [1.807, 2.05) is 0 Å². The van der Waals surface area contributed by atoms with Gasteiger partial charge < -0.3 is 15.4 Å². The average molecular weight is 401 g/mol. The average Bonchev–Trinajstić information content (AvgIpc) is 3.24. The number of benzene rings is 1. The number of esters is 1. The van der Waals surface area contributed by atoms with Gasteiger partial charge in [-0.3, -0.25) is 9.59 Å². The first kappa shape index (κ1) is 20.0. The fourth-order valence-electron chi connectivity index (χ4n) is 2.80. The molecule has 2 N–H and O–H groups in total. The molecule has 0 fully saturated rings. The Labute approximate surface area is 167 Å². The first-order chi connectivity index (χ1) is 13.3. The summed E-state index contributed by atoms with van der Waals surface area (Å²) in [6, 6.07) is 4.99. The molecule has 1 amide bonds. The van der Waals surface area contributed by atoms with Gasteiger partial charge >= 0.3 is 5.97 Å². The lowest BCUT2D eigenvalue weighted by Gasteiger charge is -2.06. The van der Waals surface area contributed by atoms with Gasteiger partial charge in [0.2, 0.25) is 5.91 Å². The number of anilines is 2. The van der Waals surface area contributed by atoms with Gasteiger partial charge in [0.15, 0.2) is 23.2 Å². The summed E-state index contributed by atoms with van der Waals surface area (Å²) in [6.45, 7) is 6.47. The molecule has 0 unspecified atom stereocenters. The third-order valence-electron chi connectivity index (χ3n) is 4.54. The number of rotatable bonds is 8. The number of hydrogen-bond donors (Lipinski definition) is 2. The highest BCUT2D eigenvalue weighted by Crippen LogP contribution is 2.32. The minimum absolute atomic E-state index is 0.0904. The third kappa shape index (κ3) is 4.56. The zero-order valence-corrected chi connectivity index (χ0v) is 16.9. The van der Waals surface area contributed by atoms with Gasteiger partial charge in [-0.15, -0.1) is 11.3 Å². The zero-order chi connectivity index (χ0) is 20.3. The van der Waals surface area contributed by atoms with E-state index in [2.05, 4.69) is 29.5 Å². The Morgan fingerprint density at radius 2 is 2.14 bits per heavy atom. The molecule has 8 heteroatoms. The molecule has 0 spiro atoms. The number of carbonyl (C=O) groups is 3. The smallest absolute Gasteiger partial charge is 0.358 e. The molecule has 1 aliphatic rings. The molecule has 1 atom stereocenters.